The first-order valence-electron chi connectivity index (χ1n) is 20.7. The van der Waals surface area contributed by atoms with Crippen molar-refractivity contribution >= 4 is 17.7 Å². The van der Waals surface area contributed by atoms with E-state index >= 15 is 0 Å². The van der Waals surface area contributed by atoms with Crippen LogP contribution in [0.5, 0.6) is 0 Å². The van der Waals surface area contributed by atoms with E-state index in [9.17, 15) is 14.4 Å². The van der Waals surface area contributed by atoms with Crippen LogP contribution >= 0.6 is 0 Å². The number of rotatable bonds is 36. The summed E-state index contributed by atoms with van der Waals surface area (Å²) in [6.07, 6.45) is 44.1. The lowest BCUT2D eigenvalue weighted by molar-refractivity contribution is -0.133. The summed E-state index contributed by atoms with van der Waals surface area (Å²) in [5, 5.41) is 5.34. The third kappa shape index (κ3) is 33.9. The highest BCUT2D eigenvalue weighted by atomic mass is 16.2. The molecule has 0 aromatic carbocycles. The third-order valence-electron chi connectivity index (χ3n) is 9.25. The first-order valence-corrected chi connectivity index (χ1v) is 20.7. The van der Waals surface area contributed by atoms with Crippen molar-refractivity contribution in [3.63, 3.8) is 0 Å². The van der Waals surface area contributed by atoms with Crippen LogP contribution in [0.1, 0.15) is 213 Å². The van der Waals surface area contributed by atoms with Crippen LogP contribution in [0.3, 0.4) is 0 Å². The Morgan fingerprint density at radius 2 is 0.938 bits per heavy atom. The summed E-state index contributed by atoms with van der Waals surface area (Å²) in [5.74, 6) is -0.962. The number of hydrogen-bond donors (Lipinski definition) is 3. The highest BCUT2D eigenvalue weighted by molar-refractivity contribution is 6.03. The quantitative estimate of drug-likeness (QED) is 0.0350. The molecule has 0 radical (unpaired) electrons. The van der Waals surface area contributed by atoms with Gasteiger partial charge < -0.3 is 11.1 Å². The molecule has 0 aliphatic carbocycles. The average Bonchev–Trinajstić information content (AvgIpc) is 3.07. The Morgan fingerprint density at radius 1 is 0.521 bits per heavy atom. The second-order valence-electron chi connectivity index (χ2n) is 14.0. The maximum atomic E-state index is 12.8. The standard InChI is InChI=1S/C42H79N3O3/c1-3-5-7-9-11-13-15-17-19-21-23-25-27-29-31-36-40(46)44-39(35-33-34-38-43)42(48)45-41(47)37-32-30-28-26-24-22-20-18-16-14-12-10-8-6-4-2/h17,19,32,37,39H,3-16,18,20-31,33-36,38,43H2,1-2H3,(H,44,46)(H,45,47,48)/b19-17-,37-32?/t39-/m0/s1. The summed E-state index contributed by atoms with van der Waals surface area (Å²) in [4.78, 5) is 37.8. The van der Waals surface area contributed by atoms with Gasteiger partial charge in [0.25, 0.3) is 0 Å². The van der Waals surface area contributed by atoms with Gasteiger partial charge >= 0.3 is 0 Å². The molecule has 6 nitrogen and oxygen atoms in total. The summed E-state index contributed by atoms with van der Waals surface area (Å²) >= 11 is 0. The summed E-state index contributed by atoms with van der Waals surface area (Å²) in [6.45, 7) is 5.07. The molecule has 0 aliphatic rings. The van der Waals surface area contributed by atoms with E-state index in [2.05, 4.69) is 36.6 Å². The lowest BCUT2D eigenvalue weighted by Crippen LogP contribution is -2.48. The fraction of sp³-hybridized carbons (Fsp3) is 0.833. The maximum absolute atomic E-state index is 12.8. The largest absolute Gasteiger partial charge is 0.344 e. The molecule has 0 aliphatic heterocycles. The van der Waals surface area contributed by atoms with Gasteiger partial charge in [-0.3, -0.25) is 19.7 Å². The number of nitrogens with two attached hydrogens (primary N) is 1. The molecule has 0 fully saturated rings. The number of unbranched alkanes of at least 4 members (excludes halogenated alkanes) is 25. The summed E-state index contributed by atoms with van der Waals surface area (Å²) in [5.41, 5.74) is 5.64. The van der Waals surface area contributed by atoms with E-state index in [1.165, 1.54) is 141 Å². The minimum Gasteiger partial charge on any atom is -0.344 e. The smallest absolute Gasteiger partial charge is 0.250 e. The molecule has 4 N–H and O–H groups in total. The van der Waals surface area contributed by atoms with E-state index in [1.54, 1.807) is 0 Å². The van der Waals surface area contributed by atoms with Gasteiger partial charge in [0.05, 0.1) is 0 Å². The molecular formula is C42H79N3O3. The molecule has 3 amide bonds. The summed E-state index contributed by atoms with van der Waals surface area (Å²) in [6, 6.07) is -0.703. The van der Waals surface area contributed by atoms with Crippen LogP contribution in [0.15, 0.2) is 24.3 Å². The lowest BCUT2D eigenvalue weighted by Gasteiger charge is -2.17. The van der Waals surface area contributed by atoms with E-state index in [0.717, 1.165) is 51.4 Å². The fourth-order valence-corrected chi connectivity index (χ4v) is 6.10. The SMILES string of the molecule is CCCCCCCC/C=C\CCCCCCCC(=O)N[C@@H](CCCCN)C(=O)NC(=O)C=CCCCCCCCCCCCCCCC. The Balaban J connectivity index is 4.02. The number of nitrogens with one attached hydrogen (secondary N) is 2. The van der Waals surface area contributed by atoms with Crippen LogP contribution in [0.2, 0.25) is 0 Å². The molecule has 280 valence electrons. The van der Waals surface area contributed by atoms with Crippen LogP contribution < -0.4 is 16.4 Å². The molecule has 0 unspecified atom stereocenters. The van der Waals surface area contributed by atoms with E-state index in [0.29, 0.717) is 19.4 Å². The van der Waals surface area contributed by atoms with Gasteiger partial charge in [0.1, 0.15) is 6.04 Å². The zero-order valence-corrected chi connectivity index (χ0v) is 31.8. The molecule has 6 heteroatoms. The third-order valence-corrected chi connectivity index (χ3v) is 9.25. The molecule has 0 spiro atoms. The molecule has 0 rings (SSSR count). The van der Waals surface area contributed by atoms with Crippen LogP contribution in [0.25, 0.3) is 0 Å². The first kappa shape index (κ1) is 46.0. The number of amides is 3. The topological polar surface area (TPSA) is 101 Å². The van der Waals surface area contributed by atoms with Crippen molar-refractivity contribution in [1.29, 1.82) is 0 Å². The number of imide groups is 1. The number of carbonyl (C=O) groups is 3. The molecule has 48 heavy (non-hydrogen) atoms. The highest BCUT2D eigenvalue weighted by Crippen LogP contribution is 2.14. The zero-order chi connectivity index (χ0) is 35.2. The molecule has 0 aromatic heterocycles. The Bertz CT molecular complexity index is 795. The van der Waals surface area contributed by atoms with Crippen molar-refractivity contribution in [1.82, 2.24) is 10.6 Å². The second-order valence-corrected chi connectivity index (χ2v) is 14.0. The van der Waals surface area contributed by atoms with Crippen molar-refractivity contribution in [3.8, 4) is 0 Å². The van der Waals surface area contributed by atoms with E-state index in [1.807, 2.05) is 6.08 Å². The van der Waals surface area contributed by atoms with Gasteiger partial charge in [0.2, 0.25) is 17.7 Å². The maximum Gasteiger partial charge on any atom is 0.250 e. The van der Waals surface area contributed by atoms with Gasteiger partial charge in [0, 0.05) is 6.42 Å². The van der Waals surface area contributed by atoms with Gasteiger partial charge in [0.15, 0.2) is 0 Å². The van der Waals surface area contributed by atoms with Gasteiger partial charge in [-0.05, 0) is 76.8 Å². The van der Waals surface area contributed by atoms with Gasteiger partial charge in [-0.15, -0.1) is 0 Å². The number of allylic oxidation sites excluding steroid dienone is 3. The monoisotopic (exact) mass is 674 g/mol. The molecule has 0 saturated heterocycles. The van der Waals surface area contributed by atoms with Crippen LogP contribution in [-0.4, -0.2) is 30.3 Å². The number of carbonyl (C=O) groups excluding carboxylic acids is 3. The Morgan fingerprint density at radius 3 is 1.40 bits per heavy atom. The minimum atomic E-state index is -0.703. The average molecular weight is 674 g/mol. The lowest BCUT2D eigenvalue weighted by atomic mass is 10.0. The zero-order valence-electron chi connectivity index (χ0n) is 31.8. The molecular weight excluding hydrogens is 594 g/mol. The van der Waals surface area contributed by atoms with Crippen molar-refractivity contribution in [2.75, 3.05) is 6.54 Å². The molecule has 0 aromatic rings. The van der Waals surface area contributed by atoms with Gasteiger partial charge in [-0.1, -0.05) is 160 Å². The number of hydrogen-bond acceptors (Lipinski definition) is 4. The van der Waals surface area contributed by atoms with Crippen LogP contribution in [0, 0.1) is 0 Å². The Kier molecular flexibility index (Phi) is 36.3. The van der Waals surface area contributed by atoms with Crippen LogP contribution in [0.4, 0.5) is 0 Å². The van der Waals surface area contributed by atoms with E-state index in [4.69, 9.17) is 5.73 Å². The Labute approximate surface area is 297 Å². The molecule has 1 atom stereocenters. The second kappa shape index (κ2) is 37.9. The van der Waals surface area contributed by atoms with Crippen molar-refractivity contribution in [2.45, 2.75) is 219 Å². The summed E-state index contributed by atoms with van der Waals surface area (Å²) < 4.78 is 0. The first-order chi connectivity index (χ1) is 23.5. The van der Waals surface area contributed by atoms with Gasteiger partial charge in [-0.2, -0.15) is 0 Å². The van der Waals surface area contributed by atoms with Crippen molar-refractivity contribution < 1.29 is 14.4 Å². The predicted octanol–water partition coefficient (Wildman–Crippen LogP) is 11.3. The van der Waals surface area contributed by atoms with E-state index in [-0.39, 0.29) is 5.91 Å². The summed E-state index contributed by atoms with van der Waals surface area (Å²) in [7, 11) is 0. The molecule has 0 heterocycles. The van der Waals surface area contributed by atoms with Gasteiger partial charge in [-0.25, -0.2) is 0 Å². The normalized spacial score (nSPS) is 12.2. The molecule has 0 saturated carbocycles. The fourth-order valence-electron chi connectivity index (χ4n) is 6.10. The van der Waals surface area contributed by atoms with Crippen molar-refractivity contribution in [2.24, 2.45) is 5.73 Å². The van der Waals surface area contributed by atoms with Crippen LogP contribution in [-0.2, 0) is 14.4 Å². The van der Waals surface area contributed by atoms with E-state index < -0.39 is 17.9 Å². The highest BCUT2D eigenvalue weighted by Gasteiger charge is 2.21. The Hall–Kier alpha value is -1.95. The minimum absolute atomic E-state index is 0.120. The predicted molar refractivity (Wildman–Crippen MR) is 207 cm³/mol. The molecule has 0 bridgehead atoms. The van der Waals surface area contributed by atoms with Crippen molar-refractivity contribution in [3.05, 3.63) is 24.3 Å².